The molecule has 3 aromatic rings. The zero-order valence-corrected chi connectivity index (χ0v) is 13.5. The number of nitrogens with one attached hydrogen (secondary N) is 1. The van der Waals surface area contributed by atoms with Crippen LogP contribution in [0.2, 0.25) is 0 Å². The summed E-state index contributed by atoms with van der Waals surface area (Å²) in [6, 6.07) is 8.18. The number of aromatic nitrogens is 2. The molecule has 5 heteroatoms. The van der Waals surface area contributed by atoms with E-state index in [-0.39, 0.29) is 0 Å². The molecule has 3 nitrogen and oxygen atoms in total. The van der Waals surface area contributed by atoms with Crippen molar-refractivity contribution in [2.75, 3.05) is 11.9 Å². The zero-order chi connectivity index (χ0) is 13.9. The minimum absolute atomic E-state index is 0.877. The maximum Gasteiger partial charge on any atom is 0.0945 e. The Balaban J connectivity index is 1.74. The second kappa shape index (κ2) is 5.89. The molecule has 0 radical (unpaired) electrons. The van der Waals surface area contributed by atoms with E-state index in [4.69, 9.17) is 0 Å². The highest BCUT2D eigenvalue weighted by molar-refractivity contribution is 9.10. The third kappa shape index (κ3) is 2.99. The smallest absolute Gasteiger partial charge is 0.0945 e. The fourth-order valence-corrected chi connectivity index (χ4v) is 3.23. The number of thiazole rings is 1. The summed E-state index contributed by atoms with van der Waals surface area (Å²) in [5.41, 5.74) is 2.12. The van der Waals surface area contributed by atoms with Crippen LogP contribution in [0.5, 0.6) is 0 Å². The highest BCUT2D eigenvalue weighted by Crippen LogP contribution is 2.24. The van der Waals surface area contributed by atoms with Gasteiger partial charge in [0.1, 0.15) is 0 Å². The van der Waals surface area contributed by atoms with Crippen LogP contribution < -0.4 is 5.32 Å². The molecule has 102 valence electrons. The van der Waals surface area contributed by atoms with E-state index in [0.29, 0.717) is 0 Å². The number of fused-ring (bicyclic) bond motifs is 1. The van der Waals surface area contributed by atoms with E-state index in [2.05, 4.69) is 44.2 Å². The molecule has 0 fully saturated rings. The first-order valence-corrected chi connectivity index (χ1v) is 8.03. The summed E-state index contributed by atoms with van der Waals surface area (Å²) in [4.78, 5) is 10.0. The molecule has 0 saturated carbocycles. The molecular weight excluding hydrogens is 334 g/mol. The summed E-state index contributed by atoms with van der Waals surface area (Å²) in [5, 5.41) is 5.80. The van der Waals surface area contributed by atoms with Gasteiger partial charge in [-0.25, -0.2) is 4.98 Å². The summed E-state index contributed by atoms with van der Waals surface area (Å²) < 4.78 is 1.05. The molecule has 1 aromatic carbocycles. The van der Waals surface area contributed by atoms with Crippen molar-refractivity contribution in [3.63, 3.8) is 0 Å². The fraction of sp³-hybridized carbons (Fsp3) is 0.200. The first kappa shape index (κ1) is 13.5. The maximum atomic E-state index is 4.39. The Morgan fingerprint density at radius 2 is 2.15 bits per heavy atom. The number of halogens is 1. The average molecular weight is 348 g/mol. The van der Waals surface area contributed by atoms with E-state index < -0.39 is 0 Å². The molecule has 0 saturated heterocycles. The van der Waals surface area contributed by atoms with Crippen molar-refractivity contribution in [1.82, 2.24) is 9.97 Å². The van der Waals surface area contributed by atoms with Crippen LogP contribution >= 0.6 is 27.3 Å². The lowest BCUT2D eigenvalue weighted by Crippen LogP contribution is -2.05. The highest BCUT2D eigenvalue weighted by atomic mass is 79.9. The number of anilines is 1. The van der Waals surface area contributed by atoms with E-state index in [1.54, 1.807) is 11.3 Å². The van der Waals surface area contributed by atoms with Gasteiger partial charge in [0.2, 0.25) is 0 Å². The minimum Gasteiger partial charge on any atom is -0.384 e. The van der Waals surface area contributed by atoms with Gasteiger partial charge in [0, 0.05) is 45.8 Å². The third-order valence-corrected chi connectivity index (χ3v) is 4.49. The molecule has 20 heavy (non-hydrogen) atoms. The van der Waals surface area contributed by atoms with Crippen LogP contribution in [0, 0.1) is 6.92 Å². The number of rotatable bonds is 4. The van der Waals surface area contributed by atoms with Crippen molar-refractivity contribution >= 4 is 43.9 Å². The predicted octanol–water partition coefficient (Wildman–Crippen LogP) is 4.42. The van der Waals surface area contributed by atoms with Crippen molar-refractivity contribution in [2.24, 2.45) is 0 Å². The van der Waals surface area contributed by atoms with Gasteiger partial charge in [0.05, 0.1) is 10.5 Å². The van der Waals surface area contributed by atoms with E-state index in [0.717, 1.165) is 34.0 Å². The second-order valence-electron chi connectivity index (χ2n) is 4.56. The van der Waals surface area contributed by atoms with Crippen LogP contribution in [0.3, 0.4) is 0 Å². The average Bonchev–Trinajstić information content (AvgIpc) is 2.84. The number of aryl methyl sites for hydroxylation is 1. The number of hydrogen-bond acceptors (Lipinski definition) is 4. The van der Waals surface area contributed by atoms with E-state index in [9.17, 15) is 0 Å². The number of hydrogen-bond donors (Lipinski definition) is 1. The van der Waals surface area contributed by atoms with Gasteiger partial charge in [-0.3, -0.25) is 4.98 Å². The Morgan fingerprint density at radius 3 is 2.95 bits per heavy atom. The molecule has 2 aromatic heterocycles. The Labute approximate surface area is 130 Å². The van der Waals surface area contributed by atoms with Crippen molar-refractivity contribution in [2.45, 2.75) is 13.3 Å². The highest BCUT2D eigenvalue weighted by Gasteiger charge is 2.03. The van der Waals surface area contributed by atoms with Crippen LogP contribution in [-0.2, 0) is 6.42 Å². The molecule has 0 unspecified atom stereocenters. The van der Waals surface area contributed by atoms with Gasteiger partial charge < -0.3 is 5.32 Å². The Bertz CT molecular complexity index is 739. The molecule has 3 rings (SSSR count). The van der Waals surface area contributed by atoms with Gasteiger partial charge in [-0.15, -0.1) is 11.3 Å². The van der Waals surface area contributed by atoms with Crippen molar-refractivity contribution in [1.29, 1.82) is 0 Å². The van der Waals surface area contributed by atoms with E-state index in [1.165, 1.54) is 9.88 Å². The van der Waals surface area contributed by atoms with Crippen molar-refractivity contribution < 1.29 is 0 Å². The summed E-state index contributed by atoms with van der Waals surface area (Å²) in [6.07, 6.45) is 4.71. The molecule has 1 N–H and O–H groups in total. The van der Waals surface area contributed by atoms with Crippen LogP contribution in [0.25, 0.3) is 10.9 Å². The molecule has 0 atom stereocenters. The molecule has 0 amide bonds. The first-order chi connectivity index (χ1) is 9.72. The van der Waals surface area contributed by atoms with Crippen LogP contribution in [-0.4, -0.2) is 16.5 Å². The SMILES string of the molecule is Cc1cnc(CCNc2ccnc3cc(Br)ccc23)s1. The molecule has 0 spiro atoms. The fourth-order valence-electron chi connectivity index (χ4n) is 2.10. The van der Waals surface area contributed by atoms with Crippen LogP contribution in [0.4, 0.5) is 5.69 Å². The van der Waals surface area contributed by atoms with Crippen molar-refractivity contribution in [3.05, 3.63) is 51.0 Å². The third-order valence-electron chi connectivity index (χ3n) is 3.03. The van der Waals surface area contributed by atoms with Crippen molar-refractivity contribution in [3.8, 4) is 0 Å². The summed E-state index contributed by atoms with van der Waals surface area (Å²) >= 11 is 5.23. The monoisotopic (exact) mass is 347 g/mol. The van der Waals surface area contributed by atoms with Gasteiger partial charge in [0.25, 0.3) is 0 Å². The van der Waals surface area contributed by atoms with Gasteiger partial charge in [-0.2, -0.15) is 0 Å². The predicted molar refractivity (Wildman–Crippen MR) is 88.5 cm³/mol. The maximum absolute atomic E-state index is 4.39. The molecule has 0 aliphatic carbocycles. The van der Waals surface area contributed by atoms with Crippen LogP contribution in [0.15, 0.2) is 41.1 Å². The number of benzene rings is 1. The van der Waals surface area contributed by atoms with Gasteiger partial charge in [-0.1, -0.05) is 15.9 Å². The Hall–Kier alpha value is -1.46. The number of nitrogens with zero attached hydrogens (tertiary/aromatic N) is 2. The molecule has 0 aliphatic rings. The lowest BCUT2D eigenvalue weighted by Gasteiger charge is -2.08. The lowest BCUT2D eigenvalue weighted by atomic mass is 10.2. The van der Waals surface area contributed by atoms with E-state index >= 15 is 0 Å². The van der Waals surface area contributed by atoms with Gasteiger partial charge in [-0.05, 0) is 31.2 Å². The van der Waals surface area contributed by atoms with Crippen LogP contribution in [0.1, 0.15) is 9.88 Å². The normalized spacial score (nSPS) is 10.9. The molecule has 2 heterocycles. The first-order valence-electron chi connectivity index (χ1n) is 6.42. The van der Waals surface area contributed by atoms with Gasteiger partial charge in [0.15, 0.2) is 0 Å². The number of pyridine rings is 1. The molecule has 0 bridgehead atoms. The lowest BCUT2D eigenvalue weighted by molar-refractivity contribution is 0.999. The second-order valence-corrected chi connectivity index (χ2v) is 6.80. The summed E-state index contributed by atoms with van der Waals surface area (Å²) in [5.74, 6) is 0. The molecular formula is C15H14BrN3S. The van der Waals surface area contributed by atoms with E-state index in [1.807, 2.05) is 30.6 Å². The topological polar surface area (TPSA) is 37.8 Å². The molecule has 0 aliphatic heterocycles. The summed E-state index contributed by atoms with van der Waals surface area (Å²) in [6.45, 7) is 2.96. The zero-order valence-electron chi connectivity index (χ0n) is 11.1. The minimum atomic E-state index is 0.877. The van der Waals surface area contributed by atoms with Gasteiger partial charge >= 0.3 is 0 Å². The standard InChI is InChI=1S/C15H14BrN3S/c1-10-9-19-15(20-10)5-7-17-13-4-6-18-14-8-11(16)2-3-12(13)14/h2-4,6,8-9H,5,7H2,1H3,(H,17,18). The quantitative estimate of drug-likeness (QED) is 0.759. The Kier molecular flexibility index (Phi) is 3.98. The Morgan fingerprint density at radius 1 is 1.25 bits per heavy atom. The summed E-state index contributed by atoms with van der Waals surface area (Å²) in [7, 11) is 0. The largest absolute Gasteiger partial charge is 0.384 e.